The van der Waals surface area contributed by atoms with Crippen molar-refractivity contribution in [2.45, 2.75) is 312 Å². The van der Waals surface area contributed by atoms with Crippen LogP contribution in [-0.4, -0.2) is 72.4 Å². The minimum atomic E-state index is -1.57. The van der Waals surface area contributed by atoms with Crippen molar-refractivity contribution in [1.82, 2.24) is 0 Å². The van der Waals surface area contributed by atoms with Crippen molar-refractivity contribution in [2.75, 3.05) is 0 Å². The van der Waals surface area contributed by atoms with Gasteiger partial charge in [0.15, 0.2) is 36.6 Å². The van der Waals surface area contributed by atoms with E-state index in [1.165, 1.54) is 0 Å². The maximum absolute atomic E-state index is 14.1. The lowest BCUT2D eigenvalue weighted by molar-refractivity contribution is -0.262. The van der Waals surface area contributed by atoms with Crippen LogP contribution in [0, 0.1) is 35.5 Å². The quantitative estimate of drug-likeness (QED) is 0.0324. The number of esters is 6. The van der Waals surface area contributed by atoms with Crippen molar-refractivity contribution in [1.29, 1.82) is 0 Å². The summed E-state index contributed by atoms with van der Waals surface area (Å²) in [4.78, 5) is 84.6. The van der Waals surface area contributed by atoms with Gasteiger partial charge in [0.25, 0.3) is 0 Å². The highest BCUT2D eigenvalue weighted by Gasteiger charge is 2.61. The SMILES string of the molecule is CC(C)CCCCCC(=O)OC1C(OC(=O)CCCCCC(C)C)C(OC(=O)CCCCCC(C)C)C(OC(=O)CCCCCC(C)C)C(OC(=O)CCCCCC(C)C)C1OC(=O)CCCCCC(C)C. The molecule has 0 aromatic heterocycles. The number of hydrogen-bond acceptors (Lipinski definition) is 12. The summed E-state index contributed by atoms with van der Waals surface area (Å²) in [6.07, 6.45) is 10.3. The molecule has 0 saturated heterocycles. The van der Waals surface area contributed by atoms with Crippen molar-refractivity contribution in [2.24, 2.45) is 35.5 Å². The molecule has 0 radical (unpaired) electrons. The largest absolute Gasteiger partial charge is 0.454 e. The summed E-state index contributed by atoms with van der Waals surface area (Å²) in [7, 11) is 0. The smallest absolute Gasteiger partial charge is 0.306 e. The van der Waals surface area contributed by atoms with E-state index in [2.05, 4.69) is 83.1 Å². The van der Waals surface area contributed by atoms with Crippen molar-refractivity contribution in [3.05, 3.63) is 0 Å². The van der Waals surface area contributed by atoms with Gasteiger partial charge in [-0.25, -0.2) is 0 Å². The van der Waals surface area contributed by atoms with Crippen molar-refractivity contribution in [3.63, 3.8) is 0 Å². The molecular weight excluding hydrogens is 913 g/mol. The molecule has 0 bridgehead atoms. The molecule has 12 heteroatoms. The maximum Gasteiger partial charge on any atom is 0.306 e. The first kappa shape index (κ1) is 66.8. The van der Waals surface area contributed by atoms with Crippen LogP contribution in [0.5, 0.6) is 0 Å². The van der Waals surface area contributed by atoms with E-state index >= 15 is 0 Å². The Kier molecular flexibility index (Phi) is 37.3. The molecule has 0 amide bonds. The van der Waals surface area contributed by atoms with E-state index in [9.17, 15) is 28.8 Å². The zero-order valence-corrected chi connectivity index (χ0v) is 48.0. The molecule has 0 aromatic rings. The topological polar surface area (TPSA) is 158 Å². The van der Waals surface area contributed by atoms with Crippen LogP contribution in [0.2, 0.25) is 0 Å². The number of carbonyl (C=O) groups excluding carboxylic acids is 6. The Labute approximate surface area is 439 Å². The van der Waals surface area contributed by atoms with Gasteiger partial charge in [-0.1, -0.05) is 199 Å². The zero-order chi connectivity index (χ0) is 53.8. The molecule has 0 aliphatic heterocycles. The van der Waals surface area contributed by atoms with Gasteiger partial charge in [-0.05, 0) is 74.0 Å². The molecule has 72 heavy (non-hydrogen) atoms. The van der Waals surface area contributed by atoms with Crippen molar-refractivity contribution >= 4 is 35.8 Å². The van der Waals surface area contributed by atoms with E-state index in [1.54, 1.807) is 0 Å². The Balaban J connectivity index is 4.02. The van der Waals surface area contributed by atoms with Crippen molar-refractivity contribution in [3.8, 4) is 0 Å². The molecule has 1 aliphatic carbocycles. The molecule has 420 valence electrons. The lowest BCUT2D eigenvalue weighted by Gasteiger charge is -2.47. The first-order valence-corrected chi connectivity index (χ1v) is 29.4. The summed E-state index contributed by atoms with van der Waals surface area (Å²) in [6, 6.07) is 0. The molecule has 0 aromatic carbocycles. The highest BCUT2D eigenvalue weighted by atomic mass is 16.7. The van der Waals surface area contributed by atoms with Gasteiger partial charge in [-0.3, -0.25) is 28.8 Å². The van der Waals surface area contributed by atoms with Crippen LogP contribution < -0.4 is 0 Å². The minimum absolute atomic E-state index is 0.0263. The Morgan fingerprint density at radius 2 is 0.347 bits per heavy atom. The average Bonchev–Trinajstić information content (AvgIpc) is 3.28. The molecule has 12 nitrogen and oxygen atoms in total. The summed E-state index contributed by atoms with van der Waals surface area (Å²) in [5.74, 6) is -0.677. The summed E-state index contributed by atoms with van der Waals surface area (Å²) in [6.45, 7) is 25.9. The first-order chi connectivity index (χ1) is 34.2. The van der Waals surface area contributed by atoms with Gasteiger partial charge in [0.2, 0.25) is 0 Å². The molecular formula is C60H108O12. The van der Waals surface area contributed by atoms with E-state index in [-0.39, 0.29) is 38.5 Å². The van der Waals surface area contributed by atoms with E-state index in [0.717, 1.165) is 116 Å². The van der Waals surface area contributed by atoms with Crippen LogP contribution >= 0.6 is 0 Å². The summed E-state index contributed by atoms with van der Waals surface area (Å²) < 4.78 is 38.0. The third kappa shape index (κ3) is 33.6. The third-order valence-electron chi connectivity index (χ3n) is 13.5. The van der Waals surface area contributed by atoms with Crippen LogP contribution in [0.4, 0.5) is 0 Å². The third-order valence-corrected chi connectivity index (χ3v) is 13.5. The van der Waals surface area contributed by atoms with Crippen LogP contribution in [-0.2, 0) is 57.2 Å². The van der Waals surface area contributed by atoms with E-state index < -0.39 is 72.4 Å². The highest BCUT2D eigenvalue weighted by Crippen LogP contribution is 2.36. The molecule has 1 rings (SSSR count). The van der Waals surface area contributed by atoms with Crippen LogP contribution in [0.3, 0.4) is 0 Å². The first-order valence-electron chi connectivity index (χ1n) is 29.4. The zero-order valence-electron chi connectivity index (χ0n) is 48.0. The molecule has 0 N–H and O–H groups in total. The van der Waals surface area contributed by atoms with Gasteiger partial charge in [0, 0.05) is 38.5 Å². The van der Waals surface area contributed by atoms with E-state index in [1.807, 2.05) is 0 Å². The molecule has 0 atom stereocenters. The molecule has 1 aliphatic rings. The number of ether oxygens (including phenoxy) is 6. The maximum atomic E-state index is 14.1. The summed E-state index contributed by atoms with van der Waals surface area (Å²) in [5.41, 5.74) is 0. The van der Waals surface area contributed by atoms with Gasteiger partial charge in [-0.15, -0.1) is 0 Å². The van der Waals surface area contributed by atoms with E-state index in [4.69, 9.17) is 28.4 Å². The Bertz CT molecular complexity index is 1180. The number of unbranched alkanes of at least 4 members (excludes halogenated alkanes) is 12. The predicted octanol–water partition coefficient (Wildman–Crippen LogP) is 15.1. The van der Waals surface area contributed by atoms with Gasteiger partial charge in [0.1, 0.15) is 0 Å². The highest BCUT2D eigenvalue weighted by molar-refractivity contribution is 5.74. The fourth-order valence-electron chi connectivity index (χ4n) is 9.18. The number of rotatable bonds is 42. The van der Waals surface area contributed by atoms with Crippen LogP contribution in [0.15, 0.2) is 0 Å². The number of carbonyl (C=O) groups is 6. The second-order valence-electron chi connectivity index (χ2n) is 23.7. The summed E-state index contributed by atoms with van der Waals surface area (Å²) >= 11 is 0. The fourth-order valence-corrected chi connectivity index (χ4v) is 9.18. The monoisotopic (exact) mass is 1020 g/mol. The fraction of sp³-hybridized carbons (Fsp3) is 0.900. The molecule has 1 fully saturated rings. The lowest BCUT2D eigenvalue weighted by Crippen LogP contribution is -2.69. The standard InChI is InChI=1S/C60H108O12/c1-43(2)31-19-13-25-37-49(61)67-55-56(68-50(62)38-26-14-20-32-44(3)4)58(70-52(64)40-28-16-22-34-46(7)8)60(72-54(66)42-30-18-24-36-48(11)12)59(71-53(65)41-29-17-23-35-47(9)10)57(55)69-51(63)39-27-15-21-33-45(5)6/h43-48,55-60H,13-42H2,1-12H3. The Hall–Kier alpha value is -3.18. The second kappa shape index (κ2) is 40.2. The van der Waals surface area contributed by atoms with Crippen molar-refractivity contribution < 1.29 is 57.2 Å². The summed E-state index contributed by atoms with van der Waals surface area (Å²) in [5, 5.41) is 0. The van der Waals surface area contributed by atoms with Gasteiger partial charge in [-0.2, -0.15) is 0 Å². The van der Waals surface area contributed by atoms with Gasteiger partial charge >= 0.3 is 35.8 Å². The Morgan fingerprint density at radius 1 is 0.222 bits per heavy atom. The lowest BCUT2D eigenvalue weighted by atomic mass is 9.83. The predicted molar refractivity (Wildman–Crippen MR) is 287 cm³/mol. The van der Waals surface area contributed by atoms with Gasteiger partial charge in [0.05, 0.1) is 0 Å². The second-order valence-corrected chi connectivity index (χ2v) is 23.7. The minimum Gasteiger partial charge on any atom is -0.454 e. The molecule has 0 unspecified atom stereocenters. The molecule has 0 spiro atoms. The molecule has 0 heterocycles. The molecule has 1 saturated carbocycles. The van der Waals surface area contributed by atoms with E-state index in [0.29, 0.717) is 74.0 Å². The van der Waals surface area contributed by atoms with Crippen LogP contribution in [0.25, 0.3) is 0 Å². The average molecular weight is 1020 g/mol. The van der Waals surface area contributed by atoms with Gasteiger partial charge < -0.3 is 28.4 Å². The normalized spacial score (nSPS) is 19.1. The number of hydrogen-bond donors (Lipinski definition) is 0. The Morgan fingerprint density at radius 3 is 0.458 bits per heavy atom. The van der Waals surface area contributed by atoms with Crippen LogP contribution in [0.1, 0.15) is 276 Å².